The van der Waals surface area contributed by atoms with Gasteiger partial charge in [0.15, 0.2) is 0 Å². The number of rotatable bonds is 8. The van der Waals surface area contributed by atoms with E-state index in [0.29, 0.717) is 22.9 Å². The zero-order valence-electron chi connectivity index (χ0n) is 15.3. The van der Waals surface area contributed by atoms with Crippen LogP contribution in [0.4, 0.5) is 11.4 Å². The zero-order valence-corrected chi connectivity index (χ0v) is 16.1. The van der Waals surface area contributed by atoms with Crippen LogP contribution in [0.15, 0.2) is 66.0 Å². The highest BCUT2D eigenvalue weighted by Crippen LogP contribution is 2.18. The van der Waals surface area contributed by atoms with Crippen molar-refractivity contribution in [3.05, 3.63) is 76.5 Å². The van der Waals surface area contributed by atoms with Gasteiger partial charge in [-0.1, -0.05) is 24.3 Å². The average Bonchev–Trinajstić information content (AvgIpc) is 3.23. The predicted molar refractivity (Wildman–Crippen MR) is 110 cm³/mol. The second-order valence-electron chi connectivity index (χ2n) is 5.90. The SMILES string of the molecule is COc1cccc(COCC(=O)Nc2cccc(NC(=O)c3cccs3)c2)c1. The van der Waals surface area contributed by atoms with E-state index in [1.54, 1.807) is 37.4 Å². The Kier molecular flexibility index (Phi) is 6.78. The quantitative estimate of drug-likeness (QED) is 0.599. The minimum Gasteiger partial charge on any atom is -0.497 e. The molecule has 6 nitrogen and oxygen atoms in total. The molecule has 2 N–H and O–H groups in total. The van der Waals surface area contributed by atoms with E-state index in [-0.39, 0.29) is 18.4 Å². The third-order valence-corrected chi connectivity index (χ3v) is 4.65. The molecule has 1 aromatic heterocycles. The Balaban J connectivity index is 1.49. The molecule has 0 aliphatic heterocycles. The van der Waals surface area contributed by atoms with E-state index >= 15 is 0 Å². The minimum atomic E-state index is -0.273. The van der Waals surface area contributed by atoms with Crippen LogP contribution in [0.25, 0.3) is 0 Å². The number of thiophene rings is 1. The van der Waals surface area contributed by atoms with E-state index in [1.807, 2.05) is 35.7 Å². The van der Waals surface area contributed by atoms with Crippen LogP contribution in [-0.4, -0.2) is 25.5 Å². The fourth-order valence-electron chi connectivity index (χ4n) is 2.50. The highest BCUT2D eigenvalue weighted by atomic mass is 32.1. The smallest absolute Gasteiger partial charge is 0.265 e. The first-order chi connectivity index (χ1) is 13.6. The minimum absolute atomic E-state index is 0.0804. The molecular formula is C21H20N2O4S. The van der Waals surface area contributed by atoms with Crippen molar-refractivity contribution in [2.24, 2.45) is 0 Å². The van der Waals surface area contributed by atoms with Crippen LogP contribution in [0.2, 0.25) is 0 Å². The molecule has 28 heavy (non-hydrogen) atoms. The van der Waals surface area contributed by atoms with Gasteiger partial charge in [0, 0.05) is 11.4 Å². The van der Waals surface area contributed by atoms with Crippen LogP contribution in [0, 0.1) is 0 Å². The predicted octanol–water partition coefficient (Wildman–Crippen LogP) is 4.16. The fraction of sp³-hybridized carbons (Fsp3) is 0.143. The lowest BCUT2D eigenvalue weighted by atomic mass is 10.2. The largest absolute Gasteiger partial charge is 0.497 e. The van der Waals surface area contributed by atoms with Gasteiger partial charge in [0.05, 0.1) is 18.6 Å². The molecule has 0 fully saturated rings. The lowest BCUT2D eigenvalue weighted by Gasteiger charge is -2.09. The summed E-state index contributed by atoms with van der Waals surface area (Å²) in [4.78, 5) is 24.8. The number of nitrogens with one attached hydrogen (secondary N) is 2. The van der Waals surface area contributed by atoms with Crippen molar-refractivity contribution in [1.29, 1.82) is 0 Å². The van der Waals surface area contributed by atoms with Crippen LogP contribution >= 0.6 is 11.3 Å². The summed E-state index contributed by atoms with van der Waals surface area (Å²) in [5.41, 5.74) is 2.11. The Hall–Kier alpha value is -3.16. The first kappa shape index (κ1) is 19.6. The molecule has 0 aliphatic rings. The summed E-state index contributed by atoms with van der Waals surface area (Å²) in [5.74, 6) is 0.289. The summed E-state index contributed by atoms with van der Waals surface area (Å²) in [7, 11) is 1.60. The van der Waals surface area contributed by atoms with Crippen molar-refractivity contribution in [2.45, 2.75) is 6.61 Å². The summed E-state index contributed by atoms with van der Waals surface area (Å²) in [6, 6.07) is 18.0. The third kappa shape index (κ3) is 5.67. The van der Waals surface area contributed by atoms with Crippen LogP contribution in [-0.2, 0) is 16.1 Å². The molecule has 0 unspecified atom stereocenters. The Labute approximate surface area is 167 Å². The van der Waals surface area contributed by atoms with Gasteiger partial charge in [0.25, 0.3) is 5.91 Å². The van der Waals surface area contributed by atoms with Gasteiger partial charge < -0.3 is 20.1 Å². The summed E-state index contributed by atoms with van der Waals surface area (Å²) < 4.78 is 10.6. The molecule has 1 heterocycles. The molecule has 0 aliphatic carbocycles. The van der Waals surface area contributed by atoms with Crippen LogP contribution in [0.5, 0.6) is 5.75 Å². The Morgan fingerprint density at radius 1 is 0.964 bits per heavy atom. The van der Waals surface area contributed by atoms with Crippen molar-refractivity contribution in [3.63, 3.8) is 0 Å². The Bertz CT molecular complexity index is 941. The fourth-order valence-corrected chi connectivity index (χ4v) is 3.12. The molecule has 0 spiro atoms. The summed E-state index contributed by atoms with van der Waals surface area (Å²) >= 11 is 1.37. The van der Waals surface area contributed by atoms with Crippen LogP contribution in [0.1, 0.15) is 15.2 Å². The maximum Gasteiger partial charge on any atom is 0.265 e. The van der Waals surface area contributed by atoms with Gasteiger partial charge in [0.2, 0.25) is 5.91 Å². The van der Waals surface area contributed by atoms with Crippen molar-refractivity contribution in [3.8, 4) is 5.75 Å². The third-order valence-electron chi connectivity index (χ3n) is 3.79. The number of carbonyl (C=O) groups is 2. The zero-order chi connectivity index (χ0) is 19.8. The van der Waals surface area contributed by atoms with E-state index in [4.69, 9.17) is 9.47 Å². The maximum atomic E-state index is 12.1. The molecule has 3 aromatic rings. The summed E-state index contributed by atoms with van der Waals surface area (Å²) in [6.45, 7) is 0.227. The number of hydrogen-bond donors (Lipinski definition) is 2. The number of methoxy groups -OCH3 is 1. The van der Waals surface area contributed by atoms with Crippen LogP contribution in [0.3, 0.4) is 0 Å². The van der Waals surface area contributed by atoms with Gasteiger partial charge in [-0.05, 0) is 47.3 Å². The van der Waals surface area contributed by atoms with E-state index in [2.05, 4.69) is 10.6 Å². The molecular weight excluding hydrogens is 376 g/mol. The van der Waals surface area contributed by atoms with Gasteiger partial charge in [-0.15, -0.1) is 11.3 Å². The van der Waals surface area contributed by atoms with E-state index < -0.39 is 0 Å². The molecule has 0 atom stereocenters. The number of ether oxygens (including phenoxy) is 2. The number of hydrogen-bond acceptors (Lipinski definition) is 5. The topological polar surface area (TPSA) is 76.7 Å². The molecule has 0 saturated carbocycles. The normalized spacial score (nSPS) is 10.3. The van der Waals surface area contributed by atoms with Gasteiger partial charge in [-0.2, -0.15) is 0 Å². The van der Waals surface area contributed by atoms with Gasteiger partial charge >= 0.3 is 0 Å². The molecule has 2 amide bonds. The number of anilines is 2. The maximum absolute atomic E-state index is 12.1. The van der Waals surface area contributed by atoms with Crippen molar-refractivity contribution >= 4 is 34.5 Å². The molecule has 0 bridgehead atoms. The van der Waals surface area contributed by atoms with Crippen LogP contribution < -0.4 is 15.4 Å². The van der Waals surface area contributed by atoms with Crippen molar-refractivity contribution in [1.82, 2.24) is 0 Å². The van der Waals surface area contributed by atoms with E-state index in [9.17, 15) is 9.59 Å². The van der Waals surface area contributed by atoms with Gasteiger partial charge in [-0.25, -0.2) is 0 Å². The Morgan fingerprint density at radius 3 is 2.50 bits per heavy atom. The number of carbonyl (C=O) groups excluding carboxylic acids is 2. The summed E-state index contributed by atoms with van der Waals surface area (Å²) in [5, 5.41) is 7.42. The van der Waals surface area contributed by atoms with E-state index in [0.717, 1.165) is 11.3 Å². The number of amides is 2. The molecule has 144 valence electrons. The lowest BCUT2D eigenvalue weighted by molar-refractivity contribution is -0.121. The number of benzene rings is 2. The molecule has 2 aromatic carbocycles. The van der Waals surface area contributed by atoms with E-state index in [1.165, 1.54) is 11.3 Å². The van der Waals surface area contributed by atoms with Crippen molar-refractivity contribution in [2.75, 3.05) is 24.4 Å². The highest BCUT2D eigenvalue weighted by molar-refractivity contribution is 7.12. The molecule has 0 saturated heterocycles. The Morgan fingerprint density at radius 2 is 1.75 bits per heavy atom. The second-order valence-corrected chi connectivity index (χ2v) is 6.85. The van der Waals surface area contributed by atoms with Gasteiger partial charge in [-0.3, -0.25) is 9.59 Å². The first-order valence-corrected chi connectivity index (χ1v) is 9.47. The highest BCUT2D eigenvalue weighted by Gasteiger charge is 2.08. The standard InChI is InChI=1S/C21H20N2O4S/c1-26-18-8-2-5-15(11-18)13-27-14-20(24)22-16-6-3-7-17(12-16)23-21(25)19-9-4-10-28-19/h2-12H,13-14H2,1H3,(H,22,24)(H,23,25). The average molecular weight is 396 g/mol. The lowest BCUT2D eigenvalue weighted by Crippen LogP contribution is -2.18. The first-order valence-electron chi connectivity index (χ1n) is 8.59. The molecule has 7 heteroatoms. The molecule has 0 radical (unpaired) electrons. The summed E-state index contributed by atoms with van der Waals surface area (Å²) in [6.07, 6.45) is 0. The van der Waals surface area contributed by atoms with Crippen molar-refractivity contribution < 1.29 is 19.1 Å². The monoisotopic (exact) mass is 396 g/mol. The van der Waals surface area contributed by atoms with Gasteiger partial charge in [0.1, 0.15) is 12.4 Å². The molecule has 3 rings (SSSR count). The second kappa shape index (κ2) is 9.68.